The van der Waals surface area contributed by atoms with Gasteiger partial charge in [-0.1, -0.05) is 50.5 Å². The number of Topliss-reactive ketones (excluding diaryl/α,β-unsaturated/α-hetero) is 1. The smallest absolute Gasteiger partial charge is 0.306 e. The average Bonchev–Trinajstić information content (AvgIpc) is 2.72. The van der Waals surface area contributed by atoms with Gasteiger partial charge in [0.05, 0.1) is 6.61 Å². The van der Waals surface area contributed by atoms with E-state index in [0.29, 0.717) is 25.4 Å². The Labute approximate surface area is 163 Å². The van der Waals surface area contributed by atoms with Crippen molar-refractivity contribution in [2.75, 3.05) is 13.2 Å². The van der Waals surface area contributed by atoms with Crippen LogP contribution in [-0.2, 0) is 16.0 Å². The molecule has 2 N–H and O–H groups in total. The van der Waals surface area contributed by atoms with Crippen molar-refractivity contribution >= 4 is 11.8 Å². The van der Waals surface area contributed by atoms with E-state index in [9.17, 15) is 9.59 Å². The molecule has 2 rings (SSSR count). The van der Waals surface area contributed by atoms with Crippen LogP contribution in [0.15, 0.2) is 24.3 Å². The quantitative estimate of drug-likeness (QED) is 0.347. The summed E-state index contributed by atoms with van der Waals surface area (Å²) in [6.07, 6.45) is 9.51. The summed E-state index contributed by atoms with van der Waals surface area (Å²) in [5.41, 5.74) is 7.59. The average molecular weight is 374 g/mol. The maximum absolute atomic E-state index is 12.7. The van der Waals surface area contributed by atoms with Crippen LogP contribution < -0.4 is 5.73 Å². The first kappa shape index (κ1) is 21.6. The number of hydrogen-bond donors (Lipinski definition) is 1. The Bertz CT molecular complexity index is 574. The Morgan fingerprint density at radius 1 is 1.04 bits per heavy atom. The molecule has 1 aromatic rings. The topological polar surface area (TPSA) is 69.4 Å². The summed E-state index contributed by atoms with van der Waals surface area (Å²) in [7, 11) is 0. The van der Waals surface area contributed by atoms with Gasteiger partial charge >= 0.3 is 5.97 Å². The number of nitrogens with two attached hydrogens (primary N) is 1. The van der Waals surface area contributed by atoms with Gasteiger partial charge in [0.15, 0.2) is 5.78 Å². The van der Waals surface area contributed by atoms with E-state index in [0.717, 1.165) is 56.2 Å². The molecule has 0 radical (unpaired) electrons. The zero-order valence-electron chi connectivity index (χ0n) is 16.8. The third-order valence-corrected chi connectivity index (χ3v) is 5.67. The lowest BCUT2D eigenvalue weighted by Gasteiger charge is -2.26. The van der Waals surface area contributed by atoms with Gasteiger partial charge in [0.2, 0.25) is 0 Å². The van der Waals surface area contributed by atoms with Gasteiger partial charge in [0, 0.05) is 17.9 Å². The van der Waals surface area contributed by atoms with Crippen molar-refractivity contribution in [3.05, 3.63) is 35.4 Å². The monoisotopic (exact) mass is 373 g/mol. The molecule has 0 aromatic heterocycles. The van der Waals surface area contributed by atoms with Crippen LogP contribution in [-0.4, -0.2) is 24.9 Å². The lowest BCUT2D eigenvalue weighted by atomic mass is 9.78. The van der Waals surface area contributed by atoms with E-state index < -0.39 is 0 Å². The normalized spacial score (nSPS) is 19.6. The molecule has 27 heavy (non-hydrogen) atoms. The molecule has 0 unspecified atom stereocenters. The molecule has 1 saturated carbocycles. The number of hydrogen-bond acceptors (Lipinski definition) is 4. The van der Waals surface area contributed by atoms with Gasteiger partial charge in [0.1, 0.15) is 0 Å². The van der Waals surface area contributed by atoms with Gasteiger partial charge in [0.25, 0.3) is 0 Å². The molecule has 0 amide bonds. The van der Waals surface area contributed by atoms with E-state index in [2.05, 4.69) is 6.92 Å². The van der Waals surface area contributed by atoms with Crippen LogP contribution in [0, 0.1) is 11.8 Å². The standard InChI is InChI=1S/C23H35NO3/c1-2-3-4-5-16-27-22(25)15-10-18-6-11-20(12-7-18)23(26)21-13-8-19(17-24)9-14-21/h6-7,11-12,19,21H,2-5,8-10,13-17,24H2,1H3. The van der Waals surface area contributed by atoms with E-state index in [-0.39, 0.29) is 17.7 Å². The number of esters is 1. The molecular formula is C23H35NO3. The summed E-state index contributed by atoms with van der Waals surface area (Å²) in [5.74, 6) is 0.844. The summed E-state index contributed by atoms with van der Waals surface area (Å²) < 4.78 is 5.27. The molecule has 1 aliphatic rings. The molecule has 0 atom stereocenters. The highest BCUT2D eigenvalue weighted by Gasteiger charge is 2.26. The summed E-state index contributed by atoms with van der Waals surface area (Å²) in [4.78, 5) is 24.5. The molecule has 1 fully saturated rings. The first-order valence-electron chi connectivity index (χ1n) is 10.6. The highest BCUT2D eigenvalue weighted by Crippen LogP contribution is 2.30. The second-order valence-corrected chi connectivity index (χ2v) is 7.80. The summed E-state index contributed by atoms with van der Waals surface area (Å²) in [5, 5.41) is 0. The Morgan fingerprint density at radius 3 is 2.37 bits per heavy atom. The van der Waals surface area contributed by atoms with Gasteiger partial charge < -0.3 is 10.5 Å². The first-order valence-corrected chi connectivity index (χ1v) is 10.6. The number of ketones is 1. The molecule has 0 aliphatic heterocycles. The number of benzene rings is 1. The van der Waals surface area contributed by atoms with Crippen molar-refractivity contribution in [2.24, 2.45) is 17.6 Å². The Hall–Kier alpha value is -1.68. The van der Waals surface area contributed by atoms with Crippen molar-refractivity contribution in [1.82, 2.24) is 0 Å². The zero-order valence-corrected chi connectivity index (χ0v) is 16.8. The van der Waals surface area contributed by atoms with Crippen molar-refractivity contribution in [3.8, 4) is 0 Å². The summed E-state index contributed by atoms with van der Waals surface area (Å²) in [6.45, 7) is 3.42. The third-order valence-electron chi connectivity index (χ3n) is 5.67. The second-order valence-electron chi connectivity index (χ2n) is 7.80. The van der Waals surface area contributed by atoms with Crippen molar-refractivity contribution in [3.63, 3.8) is 0 Å². The largest absolute Gasteiger partial charge is 0.466 e. The third kappa shape index (κ3) is 7.45. The fraction of sp³-hybridized carbons (Fsp3) is 0.652. The van der Waals surface area contributed by atoms with Gasteiger partial charge in [-0.2, -0.15) is 0 Å². The fourth-order valence-corrected chi connectivity index (χ4v) is 3.77. The second kappa shape index (κ2) is 11.9. The van der Waals surface area contributed by atoms with Crippen molar-refractivity contribution < 1.29 is 14.3 Å². The van der Waals surface area contributed by atoms with Crippen LogP contribution in [0.3, 0.4) is 0 Å². The summed E-state index contributed by atoms with van der Waals surface area (Å²) >= 11 is 0. The Balaban J connectivity index is 1.71. The molecule has 1 aliphatic carbocycles. The lowest BCUT2D eigenvalue weighted by Crippen LogP contribution is -2.25. The van der Waals surface area contributed by atoms with Crippen LogP contribution in [0.4, 0.5) is 0 Å². The molecule has 4 nitrogen and oxygen atoms in total. The SMILES string of the molecule is CCCCCCOC(=O)CCc1ccc(C(=O)C2CCC(CN)CC2)cc1. The van der Waals surface area contributed by atoms with Crippen molar-refractivity contribution in [1.29, 1.82) is 0 Å². The van der Waals surface area contributed by atoms with Gasteiger partial charge in [-0.25, -0.2) is 0 Å². The molecule has 1 aromatic carbocycles. The van der Waals surface area contributed by atoms with E-state index >= 15 is 0 Å². The highest BCUT2D eigenvalue weighted by atomic mass is 16.5. The van der Waals surface area contributed by atoms with Crippen LogP contribution in [0.25, 0.3) is 0 Å². The maximum Gasteiger partial charge on any atom is 0.306 e. The fourth-order valence-electron chi connectivity index (χ4n) is 3.77. The number of aryl methyl sites for hydroxylation is 1. The zero-order chi connectivity index (χ0) is 19.5. The molecule has 150 valence electrons. The van der Waals surface area contributed by atoms with E-state index in [1.807, 2.05) is 24.3 Å². The Kier molecular flexibility index (Phi) is 9.54. The predicted octanol–water partition coefficient (Wildman–Crippen LogP) is 4.69. The maximum atomic E-state index is 12.7. The minimum atomic E-state index is -0.136. The van der Waals surface area contributed by atoms with Crippen LogP contribution in [0.5, 0.6) is 0 Å². The number of carbonyl (C=O) groups excluding carboxylic acids is 2. The molecule has 0 spiro atoms. The molecule has 0 heterocycles. The number of unbranched alkanes of at least 4 members (excludes halogenated alkanes) is 3. The van der Waals surface area contributed by atoms with Gasteiger partial charge in [-0.15, -0.1) is 0 Å². The molecule has 4 heteroatoms. The van der Waals surface area contributed by atoms with E-state index in [1.165, 1.54) is 12.8 Å². The molecular weight excluding hydrogens is 338 g/mol. The van der Waals surface area contributed by atoms with E-state index in [1.54, 1.807) is 0 Å². The minimum absolute atomic E-state index is 0.136. The number of carbonyl (C=O) groups is 2. The van der Waals surface area contributed by atoms with Crippen molar-refractivity contribution in [2.45, 2.75) is 71.1 Å². The van der Waals surface area contributed by atoms with Gasteiger partial charge in [-0.3, -0.25) is 9.59 Å². The highest BCUT2D eigenvalue weighted by molar-refractivity contribution is 5.97. The predicted molar refractivity (Wildman–Crippen MR) is 109 cm³/mol. The number of rotatable bonds is 11. The Morgan fingerprint density at radius 2 is 1.74 bits per heavy atom. The van der Waals surface area contributed by atoms with Crippen LogP contribution >= 0.6 is 0 Å². The number of ether oxygens (including phenoxy) is 1. The summed E-state index contributed by atoms with van der Waals surface area (Å²) in [6, 6.07) is 7.74. The lowest BCUT2D eigenvalue weighted by molar-refractivity contribution is -0.143. The minimum Gasteiger partial charge on any atom is -0.466 e. The first-order chi connectivity index (χ1) is 13.1. The van der Waals surface area contributed by atoms with Crippen LogP contribution in [0.2, 0.25) is 0 Å². The van der Waals surface area contributed by atoms with Gasteiger partial charge in [-0.05, 0) is 56.6 Å². The van der Waals surface area contributed by atoms with Crippen LogP contribution in [0.1, 0.15) is 80.6 Å². The molecule has 0 bridgehead atoms. The van der Waals surface area contributed by atoms with E-state index in [4.69, 9.17) is 10.5 Å². The molecule has 0 saturated heterocycles.